The molecule has 0 unspecified atom stereocenters. The van der Waals surface area contributed by atoms with E-state index in [1.54, 1.807) is 4.90 Å². The predicted molar refractivity (Wildman–Crippen MR) is 169 cm³/mol. The van der Waals surface area contributed by atoms with Gasteiger partial charge >= 0.3 is 12.1 Å². The molecule has 2 aromatic rings. The van der Waals surface area contributed by atoms with Crippen LogP contribution in [0.5, 0.6) is 6.01 Å². The van der Waals surface area contributed by atoms with Crippen LogP contribution in [0.1, 0.15) is 57.4 Å². The lowest BCUT2D eigenvalue weighted by Crippen LogP contribution is -2.57. The molecule has 3 aliphatic rings. The van der Waals surface area contributed by atoms with Crippen molar-refractivity contribution < 1.29 is 14.3 Å². The Kier molecular flexibility index (Phi) is 9.52. The first-order valence-corrected chi connectivity index (χ1v) is 15.8. The second-order valence-electron chi connectivity index (χ2n) is 12.7. The molecule has 1 amide bonds. The molecule has 2 fully saturated rings. The van der Waals surface area contributed by atoms with Crippen molar-refractivity contribution in [2.45, 2.75) is 77.6 Å². The quantitative estimate of drug-likeness (QED) is 0.403. The van der Waals surface area contributed by atoms with Crippen molar-refractivity contribution in [1.29, 1.82) is 0 Å². The summed E-state index contributed by atoms with van der Waals surface area (Å²) in [6, 6.07) is 6.52. The van der Waals surface area contributed by atoms with E-state index in [0.717, 1.165) is 65.7 Å². The molecular weight excluding hydrogens is 566 g/mol. The summed E-state index contributed by atoms with van der Waals surface area (Å²) in [6.45, 7) is 20.1. The van der Waals surface area contributed by atoms with Crippen molar-refractivity contribution in [3.63, 3.8) is 0 Å². The van der Waals surface area contributed by atoms with Crippen molar-refractivity contribution in [1.82, 2.24) is 19.8 Å². The Balaban J connectivity index is 1.44. The highest BCUT2D eigenvalue weighted by molar-refractivity contribution is 6.31. The van der Waals surface area contributed by atoms with Gasteiger partial charge in [-0.15, -0.1) is 0 Å². The van der Waals surface area contributed by atoms with E-state index in [-0.39, 0.29) is 18.7 Å². The van der Waals surface area contributed by atoms with E-state index >= 15 is 0 Å². The summed E-state index contributed by atoms with van der Waals surface area (Å²) < 4.78 is 12.0. The van der Waals surface area contributed by atoms with Gasteiger partial charge in [0.1, 0.15) is 24.1 Å². The summed E-state index contributed by atoms with van der Waals surface area (Å²) in [5.74, 6) is 0.847. The maximum atomic E-state index is 13.0. The van der Waals surface area contributed by atoms with E-state index in [1.165, 1.54) is 6.42 Å². The lowest BCUT2D eigenvalue weighted by Gasteiger charge is -2.41. The summed E-state index contributed by atoms with van der Waals surface area (Å²) in [5, 5.41) is 0.785. The average Bonchev–Trinajstić information content (AvgIpc) is 3.38. The molecule has 232 valence electrons. The normalized spacial score (nSPS) is 21.0. The number of anilines is 2. The number of piperazine rings is 1. The van der Waals surface area contributed by atoms with Crippen LogP contribution >= 0.6 is 11.6 Å². The van der Waals surface area contributed by atoms with E-state index < -0.39 is 5.60 Å². The summed E-state index contributed by atoms with van der Waals surface area (Å²) in [6.07, 6.45) is 3.51. The molecule has 0 spiro atoms. The van der Waals surface area contributed by atoms with Gasteiger partial charge in [-0.25, -0.2) is 11.4 Å². The van der Waals surface area contributed by atoms with E-state index in [4.69, 9.17) is 37.6 Å². The van der Waals surface area contributed by atoms with Gasteiger partial charge in [-0.3, -0.25) is 4.90 Å². The van der Waals surface area contributed by atoms with Crippen LogP contribution < -0.4 is 14.5 Å². The van der Waals surface area contributed by atoms with Crippen molar-refractivity contribution in [3.05, 3.63) is 51.5 Å². The SMILES string of the molecule is [C-]#[N+]C[C@H]1CN(c2nc(OC[C@@H]3CCCN3C)nc3c2CCN(c2cccc(Cl)c2CC)C3)CCN1C(=O)OC(C)(C)C. The van der Waals surface area contributed by atoms with Crippen LogP contribution in [0.25, 0.3) is 4.85 Å². The molecule has 0 aliphatic carbocycles. The Morgan fingerprint density at radius 2 is 1.95 bits per heavy atom. The number of benzene rings is 1. The minimum atomic E-state index is -0.602. The molecule has 4 heterocycles. The number of nitrogens with zero attached hydrogens (tertiary/aromatic N) is 7. The molecule has 3 aliphatic heterocycles. The highest BCUT2D eigenvalue weighted by Gasteiger charge is 2.37. The standard InChI is InChI=1S/C32H44ClN7O3/c1-7-24-26(33)11-8-12-28(24)38-15-13-25-27(20-38)35-30(42-21-22-10-9-14-37(22)6)36-29(25)39-16-17-40(23(19-39)18-34-5)31(41)43-32(2,3)4/h8,11-12,22-23H,7,9-10,13-21H2,1-4,6H3/t22-,23-/m0/s1. The van der Waals surface area contributed by atoms with Gasteiger partial charge in [-0.05, 0) is 77.7 Å². The Labute approximate surface area is 260 Å². The lowest BCUT2D eigenvalue weighted by molar-refractivity contribution is 0.0155. The number of carbonyl (C=O) groups excluding carboxylic acids is 1. The molecular formula is C32H44ClN7O3. The van der Waals surface area contributed by atoms with E-state index in [9.17, 15) is 4.79 Å². The van der Waals surface area contributed by atoms with Gasteiger partial charge in [0.05, 0.1) is 12.2 Å². The fraction of sp³-hybridized carbons (Fsp3) is 0.625. The zero-order chi connectivity index (χ0) is 30.7. The van der Waals surface area contributed by atoms with Gasteiger partial charge in [0.2, 0.25) is 6.54 Å². The number of halogens is 1. The summed E-state index contributed by atoms with van der Waals surface area (Å²) >= 11 is 6.58. The third kappa shape index (κ3) is 7.10. The molecule has 0 saturated carbocycles. The smallest absolute Gasteiger partial charge is 0.410 e. The Morgan fingerprint density at radius 1 is 1.14 bits per heavy atom. The fourth-order valence-corrected chi connectivity index (χ4v) is 6.65. The number of ether oxygens (including phenoxy) is 2. The van der Waals surface area contributed by atoms with Crippen molar-refractivity contribution in [3.8, 4) is 6.01 Å². The zero-order valence-electron chi connectivity index (χ0n) is 26.1. The average molecular weight is 610 g/mol. The van der Waals surface area contributed by atoms with Crippen molar-refractivity contribution in [2.75, 3.05) is 62.7 Å². The van der Waals surface area contributed by atoms with Gasteiger partial charge in [-0.1, -0.05) is 24.6 Å². The van der Waals surface area contributed by atoms with Crippen LogP contribution in [0.2, 0.25) is 5.02 Å². The van der Waals surface area contributed by atoms with Gasteiger partial charge in [0, 0.05) is 48.5 Å². The minimum Gasteiger partial charge on any atom is -0.462 e. The number of aromatic nitrogens is 2. The maximum absolute atomic E-state index is 13.0. The van der Waals surface area contributed by atoms with Crippen LogP contribution in [0.15, 0.2) is 18.2 Å². The lowest BCUT2D eigenvalue weighted by atomic mass is 10.0. The summed E-state index contributed by atoms with van der Waals surface area (Å²) in [4.78, 5) is 35.2. The topological polar surface area (TPSA) is 78.6 Å². The van der Waals surface area contributed by atoms with E-state index in [2.05, 4.69) is 39.6 Å². The molecule has 1 aromatic heterocycles. The fourth-order valence-electron chi connectivity index (χ4n) is 6.34. The third-order valence-electron chi connectivity index (χ3n) is 8.60. The predicted octanol–water partition coefficient (Wildman–Crippen LogP) is 5.07. The van der Waals surface area contributed by atoms with E-state index in [0.29, 0.717) is 44.8 Å². The third-order valence-corrected chi connectivity index (χ3v) is 8.95. The van der Waals surface area contributed by atoms with E-state index in [1.807, 2.05) is 32.9 Å². The number of rotatable bonds is 7. The summed E-state index contributed by atoms with van der Waals surface area (Å²) in [5.41, 5.74) is 3.73. The molecule has 11 heteroatoms. The highest BCUT2D eigenvalue weighted by Crippen LogP contribution is 2.35. The molecule has 10 nitrogen and oxygen atoms in total. The van der Waals surface area contributed by atoms with Crippen molar-refractivity contribution >= 4 is 29.2 Å². The first-order valence-electron chi connectivity index (χ1n) is 15.4. The highest BCUT2D eigenvalue weighted by atomic mass is 35.5. The maximum Gasteiger partial charge on any atom is 0.410 e. The zero-order valence-corrected chi connectivity index (χ0v) is 26.9. The molecule has 2 atom stereocenters. The Morgan fingerprint density at radius 3 is 2.65 bits per heavy atom. The molecule has 5 rings (SSSR count). The molecule has 1 aromatic carbocycles. The van der Waals surface area contributed by atoms with Gasteiger partial charge < -0.3 is 29.0 Å². The summed E-state index contributed by atoms with van der Waals surface area (Å²) in [7, 11) is 2.13. The number of carbonyl (C=O) groups is 1. The Bertz CT molecular complexity index is 1360. The second-order valence-corrected chi connectivity index (χ2v) is 13.1. The number of amides is 1. The molecule has 0 N–H and O–H groups in total. The van der Waals surface area contributed by atoms with Crippen LogP contribution in [0.3, 0.4) is 0 Å². The van der Waals surface area contributed by atoms with Crippen molar-refractivity contribution in [2.24, 2.45) is 0 Å². The molecule has 43 heavy (non-hydrogen) atoms. The monoisotopic (exact) mass is 609 g/mol. The van der Waals surface area contributed by atoms with Crippen LogP contribution in [0.4, 0.5) is 16.3 Å². The number of likely N-dealkylation sites (tertiary alicyclic amines) is 1. The Hall–Kier alpha value is -3.29. The first-order chi connectivity index (χ1) is 20.6. The number of hydrogen-bond acceptors (Lipinski definition) is 8. The number of fused-ring (bicyclic) bond motifs is 1. The molecule has 2 saturated heterocycles. The van der Waals surface area contributed by atoms with Crippen LogP contribution in [-0.4, -0.2) is 96.5 Å². The van der Waals surface area contributed by atoms with Gasteiger partial charge in [0.15, 0.2) is 0 Å². The second kappa shape index (κ2) is 13.1. The first kappa shape index (κ1) is 31.1. The van der Waals surface area contributed by atoms with Crippen LogP contribution in [-0.2, 0) is 24.1 Å². The molecule has 0 bridgehead atoms. The van der Waals surface area contributed by atoms with Gasteiger partial charge in [0.25, 0.3) is 0 Å². The number of hydrogen-bond donors (Lipinski definition) is 0. The van der Waals surface area contributed by atoms with Gasteiger partial charge in [-0.2, -0.15) is 9.97 Å². The number of likely N-dealkylation sites (N-methyl/N-ethyl adjacent to an activating group) is 1. The molecule has 0 radical (unpaired) electrons. The minimum absolute atomic E-state index is 0.197. The van der Waals surface area contributed by atoms with Crippen LogP contribution in [0, 0.1) is 6.57 Å². The largest absolute Gasteiger partial charge is 0.462 e.